The van der Waals surface area contributed by atoms with E-state index in [4.69, 9.17) is 9.57 Å². The van der Waals surface area contributed by atoms with E-state index >= 15 is 0 Å². The number of oxime groups is 1. The van der Waals surface area contributed by atoms with Gasteiger partial charge in [-0.2, -0.15) is 0 Å². The Balaban J connectivity index is 2.05. The van der Waals surface area contributed by atoms with Crippen molar-refractivity contribution in [1.82, 2.24) is 4.90 Å². The van der Waals surface area contributed by atoms with Gasteiger partial charge in [-0.3, -0.25) is 0 Å². The van der Waals surface area contributed by atoms with Gasteiger partial charge in [0.25, 0.3) is 0 Å². The monoisotopic (exact) mass is 362 g/mol. The Kier molecular flexibility index (Phi) is 6.09. The second-order valence-electron chi connectivity index (χ2n) is 6.87. The SMILES string of the molecule is COc1ccc(/C(=N/OC(C)CN(C)C)c2cccc3ccccc23)cc1. The number of methoxy groups -OCH3 is 1. The van der Waals surface area contributed by atoms with Crippen LogP contribution in [0.3, 0.4) is 0 Å². The lowest BCUT2D eigenvalue weighted by molar-refractivity contribution is 0.0537. The van der Waals surface area contributed by atoms with Gasteiger partial charge in [-0.05, 0) is 56.1 Å². The highest BCUT2D eigenvalue weighted by Crippen LogP contribution is 2.23. The van der Waals surface area contributed by atoms with E-state index in [-0.39, 0.29) is 6.10 Å². The van der Waals surface area contributed by atoms with E-state index in [0.717, 1.165) is 34.5 Å². The molecule has 140 valence electrons. The Morgan fingerprint density at radius 1 is 0.963 bits per heavy atom. The van der Waals surface area contributed by atoms with Gasteiger partial charge in [-0.15, -0.1) is 0 Å². The van der Waals surface area contributed by atoms with Crippen molar-refractivity contribution >= 4 is 16.5 Å². The molecule has 27 heavy (non-hydrogen) atoms. The second kappa shape index (κ2) is 8.69. The number of ether oxygens (including phenoxy) is 1. The number of nitrogens with zero attached hydrogens (tertiary/aromatic N) is 2. The first-order chi connectivity index (χ1) is 13.1. The molecule has 0 saturated heterocycles. The zero-order chi connectivity index (χ0) is 19.2. The van der Waals surface area contributed by atoms with E-state index in [2.05, 4.69) is 40.4 Å². The van der Waals surface area contributed by atoms with Crippen molar-refractivity contribution in [2.24, 2.45) is 5.16 Å². The molecule has 0 heterocycles. The molecule has 0 radical (unpaired) electrons. The van der Waals surface area contributed by atoms with Gasteiger partial charge in [0.1, 0.15) is 17.6 Å². The van der Waals surface area contributed by atoms with E-state index in [1.54, 1.807) is 7.11 Å². The fraction of sp³-hybridized carbons (Fsp3) is 0.261. The molecule has 3 aromatic carbocycles. The van der Waals surface area contributed by atoms with Gasteiger partial charge in [-0.25, -0.2) is 0 Å². The Morgan fingerprint density at radius 3 is 2.37 bits per heavy atom. The molecule has 3 aromatic rings. The van der Waals surface area contributed by atoms with Crippen LogP contribution in [-0.2, 0) is 4.84 Å². The minimum Gasteiger partial charge on any atom is -0.497 e. The van der Waals surface area contributed by atoms with E-state index in [9.17, 15) is 0 Å². The summed E-state index contributed by atoms with van der Waals surface area (Å²) in [7, 11) is 5.72. The summed E-state index contributed by atoms with van der Waals surface area (Å²) < 4.78 is 5.29. The summed E-state index contributed by atoms with van der Waals surface area (Å²) in [5, 5.41) is 6.90. The highest BCUT2D eigenvalue weighted by atomic mass is 16.6. The third kappa shape index (κ3) is 4.66. The standard InChI is InChI=1S/C23H26N2O2/c1-17(16-25(2)3)27-24-23(19-12-14-20(26-4)15-13-19)22-11-7-9-18-8-5-6-10-21(18)22/h5-15,17H,16H2,1-4H3/b24-23-. The molecule has 1 atom stereocenters. The first-order valence-electron chi connectivity index (χ1n) is 9.09. The molecule has 0 saturated carbocycles. The largest absolute Gasteiger partial charge is 0.497 e. The number of fused-ring (bicyclic) bond motifs is 1. The van der Waals surface area contributed by atoms with Crippen molar-refractivity contribution in [1.29, 1.82) is 0 Å². The molecular weight excluding hydrogens is 336 g/mol. The number of hydrogen-bond donors (Lipinski definition) is 0. The number of hydrogen-bond acceptors (Lipinski definition) is 4. The minimum atomic E-state index is -0.0109. The van der Waals surface area contributed by atoms with Gasteiger partial charge in [-0.1, -0.05) is 47.6 Å². The molecule has 0 aromatic heterocycles. The zero-order valence-corrected chi connectivity index (χ0v) is 16.3. The topological polar surface area (TPSA) is 34.1 Å². The molecule has 1 unspecified atom stereocenters. The van der Waals surface area contributed by atoms with Crippen LogP contribution in [0.1, 0.15) is 18.1 Å². The van der Waals surface area contributed by atoms with Crippen molar-refractivity contribution in [3.05, 3.63) is 77.9 Å². The summed E-state index contributed by atoms with van der Waals surface area (Å²) >= 11 is 0. The smallest absolute Gasteiger partial charge is 0.137 e. The van der Waals surface area contributed by atoms with E-state index in [0.29, 0.717) is 0 Å². The van der Waals surface area contributed by atoms with Gasteiger partial charge in [0, 0.05) is 17.7 Å². The van der Waals surface area contributed by atoms with Crippen molar-refractivity contribution in [2.75, 3.05) is 27.7 Å². The molecule has 0 N–H and O–H groups in total. The lowest BCUT2D eigenvalue weighted by Gasteiger charge is -2.17. The third-order valence-corrected chi connectivity index (χ3v) is 4.35. The predicted octanol–water partition coefficient (Wildman–Crippen LogP) is 4.57. The maximum absolute atomic E-state index is 5.84. The Bertz CT molecular complexity index is 912. The molecule has 0 aliphatic rings. The summed E-state index contributed by atoms with van der Waals surface area (Å²) in [4.78, 5) is 7.93. The normalized spacial score (nSPS) is 13.0. The Morgan fingerprint density at radius 2 is 1.67 bits per heavy atom. The van der Waals surface area contributed by atoms with E-state index in [1.165, 1.54) is 5.39 Å². The van der Waals surface area contributed by atoms with Crippen LogP contribution >= 0.6 is 0 Å². The molecule has 4 heteroatoms. The number of rotatable bonds is 7. The highest BCUT2D eigenvalue weighted by molar-refractivity contribution is 6.19. The van der Waals surface area contributed by atoms with Crippen molar-refractivity contribution in [3.63, 3.8) is 0 Å². The maximum atomic E-state index is 5.84. The maximum Gasteiger partial charge on any atom is 0.137 e. The Hall–Kier alpha value is -2.85. The van der Waals surface area contributed by atoms with Crippen LogP contribution in [0.5, 0.6) is 5.75 Å². The average molecular weight is 362 g/mol. The van der Waals surface area contributed by atoms with E-state index in [1.807, 2.05) is 57.4 Å². The summed E-state index contributed by atoms with van der Waals surface area (Å²) in [5.74, 6) is 0.818. The fourth-order valence-electron chi connectivity index (χ4n) is 3.13. The summed E-state index contributed by atoms with van der Waals surface area (Å²) in [6.07, 6.45) is -0.0109. The van der Waals surface area contributed by atoms with Crippen LogP contribution in [0.4, 0.5) is 0 Å². The average Bonchev–Trinajstić information content (AvgIpc) is 2.68. The fourth-order valence-corrected chi connectivity index (χ4v) is 3.13. The zero-order valence-electron chi connectivity index (χ0n) is 16.3. The lowest BCUT2D eigenvalue weighted by atomic mass is 9.96. The van der Waals surface area contributed by atoms with E-state index < -0.39 is 0 Å². The first-order valence-corrected chi connectivity index (χ1v) is 9.09. The van der Waals surface area contributed by atoms with Crippen LogP contribution in [0, 0.1) is 0 Å². The first kappa shape index (κ1) is 18.9. The molecule has 0 bridgehead atoms. The molecule has 0 aliphatic heterocycles. The minimum absolute atomic E-state index is 0.0109. The highest BCUT2D eigenvalue weighted by Gasteiger charge is 2.13. The van der Waals surface area contributed by atoms with Crippen molar-refractivity contribution in [3.8, 4) is 5.75 Å². The van der Waals surface area contributed by atoms with Crippen molar-refractivity contribution in [2.45, 2.75) is 13.0 Å². The molecule has 0 amide bonds. The Labute approximate surface area is 161 Å². The third-order valence-electron chi connectivity index (χ3n) is 4.35. The van der Waals surface area contributed by atoms with Gasteiger partial charge in [0.2, 0.25) is 0 Å². The van der Waals surface area contributed by atoms with Gasteiger partial charge < -0.3 is 14.5 Å². The predicted molar refractivity (Wildman–Crippen MR) is 112 cm³/mol. The van der Waals surface area contributed by atoms with Crippen LogP contribution in [0.2, 0.25) is 0 Å². The molecular formula is C23H26N2O2. The summed E-state index contributed by atoms with van der Waals surface area (Å²) in [6, 6.07) is 22.5. The summed E-state index contributed by atoms with van der Waals surface area (Å²) in [6.45, 7) is 2.83. The van der Waals surface area contributed by atoms with Gasteiger partial charge in [0.15, 0.2) is 0 Å². The summed E-state index contributed by atoms with van der Waals surface area (Å²) in [5.41, 5.74) is 2.86. The lowest BCUT2D eigenvalue weighted by Crippen LogP contribution is -2.25. The van der Waals surface area contributed by atoms with Crippen molar-refractivity contribution < 1.29 is 9.57 Å². The number of benzene rings is 3. The molecule has 0 aliphatic carbocycles. The molecule has 0 fully saturated rings. The number of likely N-dealkylation sites (N-methyl/N-ethyl adjacent to an activating group) is 1. The van der Waals surface area contributed by atoms with Crippen LogP contribution in [0.25, 0.3) is 10.8 Å². The van der Waals surface area contributed by atoms with Crippen LogP contribution < -0.4 is 4.74 Å². The van der Waals surface area contributed by atoms with Crippen LogP contribution in [-0.4, -0.2) is 44.5 Å². The molecule has 0 spiro atoms. The quantitative estimate of drug-likeness (QED) is 0.456. The van der Waals surface area contributed by atoms with Gasteiger partial charge in [0.05, 0.1) is 7.11 Å². The van der Waals surface area contributed by atoms with Gasteiger partial charge >= 0.3 is 0 Å². The molecule has 3 rings (SSSR count). The second-order valence-corrected chi connectivity index (χ2v) is 6.87. The van der Waals surface area contributed by atoms with Crippen LogP contribution in [0.15, 0.2) is 71.9 Å². The molecule has 4 nitrogen and oxygen atoms in total.